The number of aryl methyl sites for hydroxylation is 1. The highest BCUT2D eigenvalue weighted by molar-refractivity contribution is 9.11. The van der Waals surface area contributed by atoms with Crippen LogP contribution in [0.5, 0.6) is 0 Å². The van der Waals surface area contributed by atoms with Crippen molar-refractivity contribution in [3.8, 4) is 0 Å². The Morgan fingerprint density at radius 2 is 2.29 bits per heavy atom. The van der Waals surface area contributed by atoms with Gasteiger partial charge in [0.15, 0.2) is 0 Å². The van der Waals surface area contributed by atoms with Gasteiger partial charge >= 0.3 is 0 Å². The first kappa shape index (κ1) is 9.96. The summed E-state index contributed by atoms with van der Waals surface area (Å²) in [7, 11) is 0. The lowest BCUT2D eigenvalue weighted by atomic mass is 10.1. The van der Waals surface area contributed by atoms with E-state index < -0.39 is 0 Å². The van der Waals surface area contributed by atoms with Crippen LogP contribution in [-0.2, 0) is 0 Å². The maximum Gasteiger partial charge on any atom is 0.125 e. The molecule has 0 bridgehead atoms. The second-order valence-corrected chi connectivity index (χ2v) is 5.40. The van der Waals surface area contributed by atoms with E-state index in [1.165, 1.54) is 0 Å². The molecule has 0 fully saturated rings. The monoisotopic (exact) mass is 271 g/mol. The van der Waals surface area contributed by atoms with Crippen molar-refractivity contribution in [3.63, 3.8) is 0 Å². The third-order valence-corrected chi connectivity index (χ3v) is 3.54. The van der Waals surface area contributed by atoms with Gasteiger partial charge in [-0.15, -0.1) is 11.3 Å². The average molecular weight is 272 g/mol. The highest BCUT2D eigenvalue weighted by atomic mass is 79.9. The summed E-state index contributed by atoms with van der Waals surface area (Å²) >= 11 is 5.04. The smallest absolute Gasteiger partial charge is 0.125 e. The Labute approximate surface area is 94.9 Å². The molecule has 14 heavy (non-hydrogen) atoms. The van der Waals surface area contributed by atoms with Gasteiger partial charge in [-0.1, -0.05) is 0 Å². The van der Waals surface area contributed by atoms with Gasteiger partial charge in [0.25, 0.3) is 0 Å². The van der Waals surface area contributed by atoms with Crippen LogP contribution in [0.15, 0.2) is 31.8 Å². The van der Waals surface area contributed by atoms with Crippen molar-refractivity contribution in [1.82, 2.24) is 0 Å². The van der Waals surface area contributed by atoms with Crippen molar-refractivity contribution in [3.05, 3.63) is 44.4 Å². The van der Waals surface area contributed by atoms with E-state index in [9.17, 15) is 0 Å². The Kier molecular flexibility index (Phi) is 2.76. The molecule has 0 amide bonds. The predicted octanol–water partition coefficient (Wildman–Crippen LogP) is 3.46. The van der Waals surface area contributed by atoms with E-state index in [0.717, 1.165) is 20.9 Å². The zero-order chi connectivity index (χ0) is 10.1. The molecular formula is C10H10BrNOS. The van der Waals surface area contributed by atoms with Gasteiger partial charge in [-0.2, -0.15) is 0 Å². The normalized spacial score (nSPS) is 13.1. The van der Waals surface area contributed by atoms with Crippen LogP contribution in [0, 0.1) is 6.92 Å². The number of thiophene rings is 1. The maximum atomic E-state index is 6.04. The molecule has 2 aromatic heterocycles. The fraction of sp³-hybridized carbons (Fsp3) is 0.200. The lowest BCUT2D eigenvalue weighted by Crippen LogP contribution is -2.09. The first-order valence-corrected chi connectivity index (χ1v) is 5.90. The van der Waals surface area contributed by atoms with E-state index in [1.54, 1.807) is 11.3 Å². The number of rotatable bonds is 2. The Balaban J connectivity index is 2.28. The van der Waals surface area contributed by atoms with E-state index in [1.807, 2.05) is 30.5 Å². The molecule has 0 saturated carbocycles. The lowest BCUT2D eigenvalue weighted by molar-refractivity contribution is 0.466. The van der Waals surface area contributed by atoms with E-state index in [0.29, 0.717) is 0 Å². The Bertz CT molecular complexity index is 395. The third-order valence-electron chi connectivity index (χ3n) is 2.01. The molecule has 0 saturated heterocycles. The van der Waals surface area contributed by atoms with E-state index in [2.05, 4.69) is 15.9 Å². The number of hydrogen-bond acceptors (Lipinski definition) is 3. The van der Waals surface area contributed by atoms with Gasteiger partial charge in [-0.25, -0.2) is 0 Å². The van der Waals surface area contributed by atoms with Crippen LogP contribution < -0.4 is 5.73 Å². The molecule has 2 nitrogen and oxygen atoms in total. The van der Waals surface area contributed by atoms with Gasteiger partial charge in [-0.3, -0.25) is 0 Å². The molecule has 2 rings (SSSR count). The Morgan fingerprint density at radius 1 is 1.50 bits per heavy atom. The van der Waals surface area contributed by atoms with E-state index in [4.69, 9.17) is 10.2 Å². The average Bonchev–Trinajstić information content (AvgIpc) is 2.73. The topological polar surface area (TPSA) is 39.2 Å². The van der Waals surface area contributed by atoms with Gasteiger partial charge in [0.1, 0.15) is 11.5 Å². The summed E-state index contributed by atoms with van der Waals surface area (Å²) in [5.41, 5.74) is 7.11. The van der Waals surface area contributed by atoms with Crippen molar-refractivity contribution in [2.75, 3.05) is 0 Å². The van der Waals surface area contributed by atoms with Crippen LogP contribution in [0.4, 0.5) is 0 Å². The van der Waals surface area contributed by atoms with Crippen molar-refractivity contribution in [2.45, 2.75) is 13.0 Å². The number of nitrogens with two attached hydrogens (primary N) is 1. The van der Waals surface area contributed by atoms with Crippen LogP contribution in [-0.4, -0.2) is 0 Å². The van der Waals surface area contributed by atoms with Crippen LogP contribution in [0.25, 0.3) is 0 Å². The fourth-order valence-electron chi connectivity index (χ4n) is 1.27. The zero-order valence-corrected chi connectivity index (χ0v) is 10.1. The van der Waals surface area contributed by atoms with Gasteiger partial charge in [0, 0.05) is 0 Å². The van der Waals surface area contributed by atoms with Gasteiger partial charge in [0.05, 0.1) is 9.83 Å². The lowest BCUT2D eigenvalue weighted by Gasteiger charge is -2.05. The molecular weight excluding hydrogens is 262 g/mol. The van der Waals surface area contributed by atoms with Gasteiger partial charge in [-0.05, 0) is 52.0 Å². The van der Waals surface area contributed by atoms with E-state index >= 15 is 0 Å². The summed E-state index contributed by atoms with van der Waals surface area (Å²) in [5.74, 6) is 1.71. The highest BCUT2D eigenvalue weighted by Crippen LogP contribution is 2.28. The molecule has 0 spiro atoms. The molecule has 0 aliphatic rings. The van der Waals surface area contributed by atoms with Crippen molar-refractivity contribution in [2.24, 2.45) is 5.73 Å². The second kappa shape index (κ2) is 3.88. The van der Waals surface area contributed by atoms with Crippen LogP contribution in [0.2, 0.25) is 0 Å². The van der Waals surface area contributed by atoms with Crippen molar-refractivity contribution in [1.29, 1.82) is 0 Å². The number of halogens is 1. The summed E-state index contributed by atoms with van der Waals surface area (Å²) in [5, 5.41) is 2.03. The standard InChI is InChI=1S/C10H10BrNOS/c1-6-2-3-8(13-6)10(12)7-4-9(11)14-5-7/h2-5,10H,12H2,1H3. The zero-order valence-electron chi connectivity index (χ0n) is 7.66. The molecule has 2 aromatic rings. The molecule has 0 aliphatic carbocycles. The summed E-state index contributed by atoms with van der Waals surface area (Å²) < 4.78 is 6.56. The molecule has 0 radical (unpaired) electrons. The first-order valence-electron chi connectivity index (χ1n) is 4.22. The molecule has 0 aromatic carbocycles. The van der Waals surface area contributed by atoms with Crippen molar-refractivity contribution < 1.29 is 4.42 Å². The van der Waals surface area contributed by atoms with Crippen LogP contribution >= 0.6 is 27.3 Å². The maximum absolute atomic E-state index is 6.04. The Morgan fingerprint density at radius 3 is 2.79 bits per heavy atom. The predicted molar refractivity (Wildman–Crippen MR) is 61.5 cm³/mol. The summed E-state index contributed by atoms with van der Waals surface area (Å²) in [6.45, 7) is 1.92. The molecule has 74 valence electrons. The number of hydrogen-bond donors (Lipinski definition) is 1. The van der Waals surface area contributed by atoms with E-state index in [-0.39, 0.29) is 6.04 Å². The first-order chi connectivity index (χ1) is 6.66. The van der Waals surface area contributed by atoms with Gasteiger partial charge in [0.2, 0.25) is 0 Å². The minimum Gasteiger partial charge on any atom is -0.464 e. The molecule has 1 atom stereocenters. The van der Waals surface area contributed by atoms with Gasteiger partial charge < -0.3 is 10.2 Å². The van der Waals surface area contributed by atoms with Crippen LogP contribution in [0.3, 0.4) is 0 Å². The quantitative estimate of drug-likeness (QED) is 0.909. The SMILES string of the molecule is Cc1ccc(C(N)c2csc(Br)c2)o1. The third kappa shape index (κ3) is 1.92. The molecule has 1 unspecified atom stereocenters. The molecule has 2 heterocycles. The summed E-state index contributed by atoms with van der Waals surface area (Å²) in [6.07, 6.45) is 0. The molecule has 4 heteroatoms. The fourth-order valence-corrected chi connectivity index (χ4v) is 2.48. The number of furan rings is 1. The highest BCUT2D eigenvalue weighted by Gasteiger charge is 2.13. The molecule has 0 aliphatic heterocycles. The molecule has 2 N–H and O–H groups in total. The van der Waals surface area contributed by atoms with Crippen molar-refractivity contribution >= 4 is 27.3 Å². The largest absolute Gasteiger partial charge is 0.464 e. The van der Waals surface area contributed by atoms with Crippen LogP contribution in [0.1, 0.15) is 23.1 Å². The minimum atomic E-state index is -0.161. The summed E-state index contributed by atoms with van der Waals surface area (Å²) in [6, 6.07) is 5.71. The second-order valence-electron chi connectivity index (χ2n) is 3.11. The summed E-state index contributed by atoms with van der Waals surface area (Å²) in [4.78, 5) is 0. The minimum absolute atomic E-state index is 0.161. The Hall–Kier alpha value is -0.580.